The van der Waals surface area contributed by atoms with Gasteiger partial charge in [0, 0.05) is 13.1 Å². The predicted octanol–water partition coefficient (Wildman–Crippen LogP) is 5.30. The predicted molar refractivity (Wildman–Crippen MR) is 97.7 cm³/mol. The molecular formula is C19H23NS. The number of benzene rings is 2. The lowest BCUT2D eigenvalue weighted by Gasteiger charge is -2.21. The van der Waals surface area contributed by atoms with Crippen molar-refractivity contribution in [2.45, 2.75) is 26.7 Å². The Morgan fingerprint density at radius 3 is 2.62 bits per heavy atom. The van der Waals surface area contributed by atoms with Crippen LogP contribution in [-0.4, -0.2) is 23.0 Å². The van der Waals surface area contributed by atoms with Crippen molar-refractivity contribution in [2.75, 3.05) is 13.1 Å². The number of rotatable bonds is 6. The molecule has 2 rings (SSSR count). The van der Waals surface area contributed by atoms with Crippen LogP contribution in [-0.2, 0) is 0 Å². The molecule has 0 aliphatic rings. The van der Waals surface area contributed by atoms with Gasteiger partial charge in [-0.15, -0.1) is 0 Å². The molecular weight excluding hydrogens is 274 g/mol. The number of thiocarbonyl (C=S) groups is 1. The highest BCUT2D eigenvalue weighted by Gasteiger charge is 2.01. The SMILES string of the molecule is CCCCN(C/C=C/c1ccc2ccccc2c1)C(C)=S. The molecule has 0 amide bonds. The minimum Gasteiger partial charge on any atom is -0.363 e. The summed E-state index contributed by atoms with van der Waals surface area (Å²) in [7, 11) is 0. The van der Waals surface area contributed by atoms with E-state index in [-0.39, 0.29) is 0 Å². The topological polar surface area (TPSA) is 3.24 Å². The van der Waals surface area contributed by atoms with Crippen LogP contribution in [0, 0.1) is 0 Å². The van der Waals surface area contributed by atoms with Gasteiger partial charge in [0.25, 0.3) is 0 Å². The molecule has 0 radical (unpaired) electrons. The van der Waals surface area contributed by atoms with Crippen LogP contribution in [0.4, 0.5) is 0 Å². The molecule has 0 unspecified atom stereocenters. The Hall–Kier alpha value is -1.67. The summed E-state index contributed by atoms with van der Waals surface area (Å²) in [6, 6.07) is 15.0. The number of hydrogen-bond donors (Lipinski definition) is 0. The van der Waals surface area contributed by atoms with Crippen molar-refractivity contribution in [1.29, 1.82) is 0 Å². The van der Waals surface area contributed by atoms with E-state index in [1.807, 2.05) is 6.92 Å². The van der Waals surface area contributed by atoms with Crippen LogP contribution in [0.1, 0.15) is 32.3 Å². The summed E-state index contributed by atoms with van der Waals surface area (Å²) in [5.41, 5.74) is 1.24. The summed E-state index contributed by atoms with van der Waals surface area (Å²) < 4.78 is 0. The second-order valence-electron chi connectivity index (χ2n) is 5.33. The van der Waals surface area contributed by atoms with Gasteiger partial charge < -0.3 is 4.90 Å². The fourth-order valence-corrected chi connectivity index (χ4v) is 2.52. The molecule has 0 saturated heterocycles. The summed E-state index contributed by atoms with van der Waals surface area (Å²) in [5, 5.41) is 2.57. The van der Waals surface area contributed by atoms with Crippen molar-refractivity contribution in [3.8, 4) is 0 Å². The zero-order valence-corrected chi connectivity index (χ0v) is 13.7. The second-order valence-corrected chi connectivity index (χ2v) is 5.92. The monoisotopic (exact) mass is 297 g/mol. The van der Waals surface area contributed by atoms with Crippen LogP contribution in [0.25, 0.3) is 16.8 Å². The van der Waals surface area contributed by atoms with E-state index >= 15 is 0 Å². The normalized spacial score (nSPS) is 11.1. The van der Waals surface area contributed by atoms with Crippen molar-refractivity contribution < 1.29 is 0 Å². The molecule has 0 heterocycles. The Morgan fingerprint density at radius 1 is 1.14 bits per heavy atom. The van der Waals surface area contributed by atoms with Crippen molar-refractivity contribution in [2.24, 2.45) is 0 Å². The maximum absolute atomic E-state index is 5.32. The standard InChI is InChI=1S/C19H23NS/c1-3-4-13-20(16(2)21)14-7-8-17-11-12-18-9-5-6-10-19(18)15-17/h5-12,15H,3-4,13-14H2,1-2H3/b8-7+. The third-order valence-corrected chi connectivity index (χ3v) is 3.89. The zero-order chi connectivity index (χ0) is 15.1. The minimum absolute atomic E-state index is 0.891. The highest BCUT2D eigenvalue weighted by molar-refractivity contribution is 7.80. The molecule has 0 aliphatic carbocycles. The van der Waals surface area contributed by atoms with Crippen LogP contribution in [0.3, 0.4) is 0 Å². The highest BCUT2D eigenvalue weighted by Crippen LogP contribution is 2.16. The largest absolute Gasteiger partial charge is 0.363 e. The lowest BCUT2D eigenvalue weighted by Crippen LogP contribution is -2.28. The van der Waals surface area contributed by atoms with Crippen LogP contribution >= 0.6 is 12.2 Å². The molecule has 0 bridgehead atoms. The van der Waals surface area contributed by atoms with E-state index in [1.165, 1.54) is 29.2 Å². The Labute approximate surface area is 133 Å². The van der Waals surface area contributed by atoms with Crippen molar-refractivity contribution in [3.05, 3.63) is 54.1 Å². The number of fused-ring (bicyclic) bond motifs is 1. The third-order valence-electron chi connectivity index (χ3n) is 3.64. The van der Waals surface area contributed by atoms with Gasteiger partial charge >= 0.3 is 0 Å². The van der Waals surface area contributed by atoms with Gasteiger partial charge in [-0.05, 0) is 35.7 Å². The van der Waals surface area contributed by atoms with Gasteiger partial charge in [0.15, 0.2) is 0 Å². The molecule has 0 fully saturated rings. The number of nitrogens with zero attached hydrogens (tertiary/aromatic N) is 1. The molecule has 0 N–H and O–H groups in total. The van der Waals surface area contributed by atoms with Crippen LogP contribution in [0.2, 0.25) is 0 Å². The smallest absolute Gasteiger partial charge is 0.0750 e. The first-order valence-electron chi connectivity index (χ1n) is 7.61. The van der Waals surface area contributed by atoms with E-state index < -0.39 is 0 Å². The fraction of sp³-hybridized carbons (Fsp3) is 0.316. The Kier molecular flexibility index (Phi) is 5.94. The van der Waals surface area contributed by atoms with Gasteiger partial charge in [-0.1, -0.05) is 74.1 Å². The Bertz CT molecular complexity index is 630. The lowest BCUT2D eigenvalue weighted by atomic mass is 10.1. The van der Waals surface area contributed by atoms with Crippen LogP contribution in [0.15, 0.2) is 48.5 Å². The van der Waals surface area contributed by atoms with Crippen molar-refractivity contribution >= 4 is 34.1 Å². The van der Waals surface area contributed by atoms with Gasteiger partial charge in [-0.2, -0.15) is 0 Å². The minimum atomic E-state index is 0.891. The first-order valence-corrected chi connectivity index (χ1v) is 8.02. The first kappa shape index (κ1) is 15.7. The van der Waals surface area contributed by atoms with Crippen LogP contribution < -0.4 is 0 Å². The molecule has 2 aromatic rings. The average molecular weight is 297 g/mol. The second kappa shape index (κ2) is 7.94. The molecule has 21 heavy (non-hydrogen) atoms. The summed E-state index contributed by atoms with van der Waals surface area (Å²) in [6.45, 7) is 6.16. The van der Waals surface area contributed by atoms with Crippen LogP contribution in [0.5, 0.6) is 0 Å². The molecule has 2 heteroatoms. The average Bonchev–Trinajstić information content (AvgIpc) is 2.50. The van der Waals surface area contributed by atoms with Crippen molar-refractivity contribution in [1.82, 2.24) is 4.90 Å². The molecule has 1 nitrogen and oxygen atoms in total. The highest BCUT2D eigenvalue weighted by atomic mass is 32.1. The molecule has 0 aliphatic heterocycles. The molecule has 0 atom stereocenters. The molecule has 0 spiro atoms. The van der Waals surface area contributed by atoms with Gasteiger partial charge in [-0.25, -0.2) is 0 Å². The molecule has 0 saturated carbocycles. The number of unbranched alkanes of at least 4 members (excludes halogenated alkanes) is 1. The Morgan fingerprint density at radius 2 is 1.90 bits per heavy atom. The molecule has 0 aromatic heterocycles. The van der Waals surface area contributed by atoms with E-state index in [4.69, 9.17) is 12.2 Å². The van der Waals surface area contributed by atoms with E-state index in [1.54, 1.807) is 0 Å². The molecule has 2 aromatic carbocycles. The maximum atomic E-state index is 5.32. The van der Waals surface area contributed by atoms with E-state index in [9.17, 15) is 0 Å². The number of hydrogen-bond acceptors (Lipinski definition) is 1. The Balaban J connectivity index is 2.02. The summed E-state index contributed by atoms with van der Waals surface area (Å²) in [6.07, 6.45) is 6.78. The van der Waals surface area contributed by atoms with Gasteiger partial charge in [0.2, 0.25) is 0 Å². The lowest BCUT2D eigenvalue weighted by molar-refractivity contribution is 0.452. The van der Waals surface area contributed by atoms with E-state index in [0.717, 1.165) is 18.1 Å². The summed E-state index contributed by atoms with van der Waals surface area (Å²) in [5.74, 6) is 0. The maximum Gasteiger partial charge on any atom is 0.0750 e. The van der Waals surface area contributed by atoms with E-state index in [0.29, 0.717) is 0 Å². The summed E-state index contributed by atoms with van der Waals surface area (Å²) >= 11 is 5.32. The quantitative estimate of drug-likeness (QED) is 0.665. The van der Waals surface area contributed by atoms with Gasteiger partial charge in [0.1, 0.15) is 0 Å². The van der Waals surface area contributed by atoms with E-state index in [2.05, 4.69) is 66.4 Å². The fourth-order valence-electron chi connectivity index (χ4n) is 2.35. The van der Waals surface area contributed by atoms with Gasteiger partial charge in [-0.3, -0.25) is 0 Å². The summed E-state index contributed by atoms with van der Waals surface area (Å²) in [4.78, 5) is 3.24. The zero-order valence-electron chi connectivity index (χ0n) is 12.9. The van der Waals surface area contributed by atoms with Gasteiger partial charge in [0.05, 0.1) is 4.99 Å². The van der Waals surface area contributed by atoms with Crippen molar-refractivity contribution in [3.63, 3.8) is 0 Å². The molecule has 110 valence electrons. The third kappa shape index (κ3) is 4.68. The first-order chi connectivity index (χ1) is 10.2.